The Balaban J connectivity index is 1.34. The fourth-order valence-electron chi connectivity index (χ4n) is 3.71. The Morgan fingerprint density at radius 3 is 2.50 bits per heavy atom. The maximum absolute atomic E-state index is 12.7. The fourth-order valence-corrected chi connectivity index (χ4v) is 3.71. The van der Waals surface area contributed by atoms with Gasteiger partial charge in [-0.1, -0.05) is 48.5 Å². The summed E-state index contributed by atoms with van der Waals surface area (Å²) in [6.07, 6.45) is 3.52. The molecule has 142 valence electrons. The molecule has 28 heavy (non-hydrogen) atoms. The first-order valence-corrected chi connectivity index (χ1v) is 9.67. The van der Waals surface area contributed by atoms with E-state index >= 15 is 0 Å². The maximum Gasteiger partial charge on any atom is 0.227 e. The summed E-state index contributed by atoms with van der Waals surface area (Å²) in [7, 11) is 0. The molecule has 1 saturated heterocycles. The quantitative estimate of drug-likeness (QED) is 0.759. The van der Waals surface area contributed by atoms with Crippen molar-refractivity contribution in [2.45, 2.75) is 19.3 Å². The van der Waals surface area contributed by atoms with E-state index in [2.05, 4.69) is 10.3 Å². The first-order chi connectivity index (χ1) is 13.7. The number of carbonyl (C=O) groups excluding carboxylic acids is 2. The molecular weight excluding hydrogens is 350 g/mol. The van der Waals surface area contributed by atoms with Gasteiger partial charge < -0.3 is 10.2 Å². The standard InChI is InChI=1S/C23H23N3O2/c27-21(16-17-6-2-1-3-7-17)26-14-11-19(12-15-26)23(28)25-20-10-4-8-18-9-5-13-24-22(18)20/h1-10,13,19H,11-12,14-16H2,(H,25,28). The number of pyridine rings is 1. The molecule has 1 N–H and O–H groups in total. The van der Waals surface area contributed by atoms with Gasteiger partial charge in [-0.25, -0.2) is 0 Å². The number of amides is 2. The van der Waals surface area contributed by atoms with Crippen LogP contribution in [0.4, 0.5) is 5.69 Å². The highest BCUT2D eigenvalue weighted by Gasteiger charge is 2.27. The van der Waals surface area contributed by atoms with Gasteiger partial charge >= 0.3 is 0 Å². The lowest BCUT2D eigenvalue weighted by molar-refractivity contribution is -0.133. The largest absolute Gasteiger partial charge is 0.342 e. The van der Waals surface area contributed by atoms with Crippen LogP contribution < -0.4 is 5.32 Å². The van der Waals surface area contributed by atoms with Crippen LogP contribution in [-0.4, -0.2) is 34.8 Å². The number of carbonyl (C=O) groups is 2. The van der Waals surface area contributed by atoms with Crippen LogP contribution in [0, 0.1) is 5.92 Å². The second-order valence-corrected chi connectivity index (χ2v) is 7.19. The van der Waals surface area contributed by atoms with Crippen molar-refractivity contribution >= 4 is 28.4 Å². The number of likely N-dealkylation sites (tertiary alicyclic amines) is 1. The van der Waals surface area contributed by atoms with Crippen LogP contribution in [0.3, 0.4) is 0 Å². The van der Waals surface area contributed by atoms with Gasteiger partial charge in [0.15, 0.2) is 0 Å². The van der Waals surface area contributed by atoms with Crippen LogP contribution in [0.25, 0.3) is 10.9 Å². The minimum Gasteiger partial charge on any atom is -0.342 e. The van der Waals surface area contributed by atoms with E-state index in [1.807, 2.05) is 65.6 Å². The first-order valence-electron chi connectivity index (χ1n) is 9.67. The van der Waals surface area contributed by atoms with E-state index in [-0.39, 0.29) is 17.7 Å². The van der Waals surface area contributed by atoms with E-state index in [1.54, 1.807) is 6.20 Å². The van der Waals surface area contributed by atoms with E-state index in [1.165, 1.54) is 0 Å². The SMILES string of the molecule is O=C(Nc1cccc2cccnc12)C1CCN(C(=O)Cc2ccccc2)CC1. The van der Waals surface area contributed by atoms with Crippen molar-refractivity contribution in [3.05, 3.63) is 72.4 Å². The molecule has 0 saturated carbocycles. The number of nitrogens with one attached hydrogen (secondary N) is 1. The zero-order valence-corrected chi connectivity index (χ0v) is 15.7. The summed E-state index contributed by atoms with van der Waals surface area (Å²) in [5.74, 6) is 0.0522. The third-order valence-corrected chi connectivity index (χ3v) is 5.31. The number of hydrogen-bond donors (Lipinski definition) is 1. The molecule has 2 aromatic carbocycles. The Kier molecular flexibility index (Phi) is 5.33. The molecule has 3 aromatic rings. The van der Waals surface area contributed by atoms with Crippen molar-refractivity contribution in [2.75, 3.05) is 18.4 Å². The number of hydrogen-bond acceptors (Lipinski definition) is 3. The summed E-state index contributed by atoms with van der Waals surface area (Å²) in [4.78, 5) is 31.5. The maximum atomic E-state index is 12.7. The van der Waals surface area contributed by atoms with Crippen LogP contribution in [0.15, 0.2) is 66.9 Å². The molecule has 1 aromatic heterocycles. The zero-order chi connectivity index (χ0) is 19.3. The van der Waals surface area contributed by atoms with Crippen molar-refractivity contribution in [2.24, 2.45) is 5.92 Å². The monoisotopic (exact) mass is 373 g/mol. The Labute approximate surface area is 164 Å². The van der Waals surface area contributed by atoms with E-state index in [0.717, 1.165) is 22.2 Å². The van der Waals surface area contributed by atoms with Gasteiger partial charge in [-0.3, -0.25) is 14.6 Å². The fraction of sp³-hybridized carbons (Fsp3) is 0.261. The number of nitrogens with zero attached hydrogens (tertiary/aromatic N) is 2. The van der Waals surface area contributed by atoms with E-state index < -0.39 is 0 Å². The highest BCUT2D eigenvalue weighted by molar-refractivity contribution is 6.01. The third-order valence-electron chi connectivity index (χ3n) is 5.31. The minimum atomic E-state index is -0.0836. The molecule has 2 heterocycles. The molecule has 5 nitrogen and oxygen atoms in total. The zero-order valence-electron chi connectivity index (χ0n) is 15.7. The van der Waals surface area contributed by atoms with E-state index in [4.69, 9.17) is 0 Å². The van der Waals surface area contributed by atoms with E-state index in [9.17, 15) is 9.59 Å². The van der Waals surface area contributed by atoms with Crippen LogP contribution in [0.5, 0.6) is 0 Å². The number of anilines is 1. The molecule has 0 spiro atoms. The number of piperidine rings is 1. The van der Waals surface area contributed by atoms with Crippen LogP contribution in [0.1, 0.15) is 18.4 Å². The summed E-state index contributed by atoms with van der Waals surface area (Å²) in [6.45, 7) is 1.25. The van der Waals surface area contributed by atoms with Crippen molar-refractivity contribution < 1.29 is 9.59 Å². The molecule has 1 aliphatic heterocycles. The van der Waals surface area contributed by atoms with Crippen molar-refractivity contribution in [1.82, 2.24) is 9.88 Å². The normalized spacial score (nSPS) is 14.8. The summed E-state index contributed by atoms with van der Waals surface area (Å²) in [5, 5.41) is 4.04. The molecule has 2 amide bonds. The smallest absolute Gasteiger partial charge is 0.227 e. The highest BCUT2D eigenvalue weighted by Crippen LogP contribution is 2.24. The molecule has 0 radical (unpaired) electrons. The van der Waals surface area contributed by atoms with Gasteiger partial charge in [0.05, 0.1) is 17.6 Å². The highest BCUT2D eigenvalue weighted by atomic mass is 16.2. The van der Waals surface area contributed by atoms with Crippen LogP contribution >= 0.6 is 0 Å². The molecule has 1 aliphatic rings. The summed E-state index contributed by atoms with van der Waals surface area (Å²) >= 11 is 0. The Morgan fingerprint density at radius 1 is 0.964 bits per heavy atom. The van der Waals surface area contributed by atoms with Gasteiger partial charge in [0, 0.05) is 30.6 Å². The lowest BCUT2D eigenvalue weighted by Crippen LogP contribution is -2.42. The number of rotatable bonds is 4. The average molecular weight is 373 g/mol. The first kappa shape index (κ1) is 18.2. The van der Waals surface area contributed by atoms with Gasteiger partial charge in [0.2, 0.25) is 11.8 Å². The van der Waals surface area contributed by atoms with Gasteiger partial charge in [0.25, 0.3) is 0 Å². The Hall–Kier alpha value is -3.21. The average Bonchev–Trinajstić information content (AvgIpc) is 2.75. The van der Waals surface area contributed by atoms with Crippen LogP contribution in [-0.2, 0) is 16.0 Å². The minimum absolute atomic E-state index is 0.00770. The van der Waals surface area contributed by atoms with Gasteiger partial charge in [-0.05, 0) is 30.5 Å². The molecule has 0 atom stereocenters. The van der Waals surface area contributed by atoms with Gasteiger partial charge in [-0.15, -0.1) is 0 Å². The van der Waals surface area contributed by atoms with Crippen LogP contribution in [0.2, 0.25) is 0 Å². The summed E-state index contributed by atoms with van der Waals surface area (Å²) in [6, 6.07) is 19.4. The molecule has 1 fully saturated rings. The van der Waals surface area contributed by atoms with Gasteiger partial charge in [-0.2, -0.15) is 0 Å². The van der Waals surface area contributed by atoms with Gasteiger partial charge in [0.1, 0.15) is 0 Å². The Bertz CT molecular complexity index is 974. The molecular formula is C23H23N3O2. The molecule has 0 aliphatic carbocycles. The lowest BCUT2D eigenvalue weighted by Gasteiger charge is -2.31. The lowest BCUT2D eigenvalue weighted by atomic mass is 9.95. The summed E-state index contributed by atoms with van der Waals surface area (Å²) < 4.78 is 0. The predicted octanol–water partition coefficient (Wildman–Crippen LogP) is 3.65. The van der Waals surface area contributed by atoms with Crippen molar-refractivity contribution in [3.63, 3.8) is 0 Å². The van der Waals surface area contributed by atoms with E-state index in [0.29, 0.717) is 32.4 Å². The summed E-state index contributed by atoms with van der Waals surface area (Å²) in [5.41, 5.74) is 2.57. The number of fused-ring (bicyclic) bond motifs is 1. The number of benzene rings is 2. The second kappa shape index (κ2) is 8.21. The number of para-hydroxylation sites is 1. The third kappa shape index (κ3) is 4.03. The second-order valence-electron chi connectivity index (χ2n) is 7.19. The van der Waals surface area contributed by atoms with Crippen molar-refractivity contribution in [3.8, 4) is 0 Å². The van der Waals surface area contributed by atoms with Crippen molar-refractivity contribution in [1.29, 1.82) is 0 Å². The number of aromatic nitrogens is 1. The topological polar surface area (TPSA) is 62.3 Å². The molecule has 5 heteroatoms. The molecule has 0 unspecified atom stereocenters. The predicted molar refractivity (Wildman–Crippen MR) is 110 cm³/mol. The molecule has 4 rings (SSSR count). The molecule has 0 bridgehead atoms. The Morgan fingerprint density at radius 2 is 1.71 bits per heavy atom.